The zero-order valence-electron chi connectivity index (χ0n) is 13.9. The summed E-state index contributed by atoms with van der Waals surface area (Å²) in [4.78, 5) is 24.2. The van der Waals surface area contributed by atoms with Gasteiger partial charge in [0.2, 0.25) is 11.8 Å². The van der Waals surface area contributed by atoms with Crippen LogP contribution in [-0.4, -0.2) is 24.6 Å². The first-order valence-corrected chi connectivity index (χ1v) is 9.22. The lowest BCUT2D eigenvalue weighted by atomic mass is 10.1. The molecule has 0 radical (unpaired) electrons. The maximum Gasteiger partial charge on any atom is 0.246 e. The Hall–Kier alpha value is -2.12. The predicted octanol–water partition coefficient (Wildman–Crippen LogP) is 3.45. The number of rotatable bonds is 7. The smallest absolute Gasteiger partial charge is 0.246 e. The van der Waals surface area contributed by atoms with E-state index in [1.54, 1.807) is 12.1 Å². The molecule has 2 amide bonds. The van der Waals surface area contributed by atoms with Crippen molar-refractivity contribution in [3.8, 4) is 0 Å². The standard InChI is InChI=1S/C18H17ClF2N2O2S/c1-22-18(25)17(12-4-7-14(20)15(21)8-12)23-16(24)10-26-9-11-2-5-13(19)6-3-11/h2-8,17H,9-10H2,1H3,(H,22,25)(H,23,24). The first-order valence-electron chi connectivity index (χ1n) is 7.69. The third kappa shape index (κ3) is 5.71. The fourth-order valence-corrected chi connectivity index (χ4v) is 3.11. The van der Waals surface area contributed by atoms with Crippen molar-refractivity contribution in [3.63, 3.8) is 0 Å². The molecule has 8 heteroatoms. The summed E-state index contributed by atoms with van der Waals surface area (Å²) in [6.07, 6.45) is 0. The van der Waals surface area contributed by atoms with Crippen LogP contribution in [-0.2, 0) is 15.3 Å². The van der Waals surface area contributed by atoms with Crippen LogP contribution in [0.1, 0.15) is 17.2 Å². The Morgan fingerprint density at radius 3 is 2.42 bits per heavy atom. The predicted molar refractivity (Wildman–Crippen MR) is 98.9 cm³/mol. The molecule has 0 saturated heterocycles. The molecule has 0 fully saturated rings. The van der Waals surface area contributed by atoms with E-state index in [0.29, 0.717) is 10.8 Å². The highest BCUT2D eigenvalue weighted by atomic mass is 35.5. The van der Waals surface area contributed by atoms with Crippen LogP contribution in [0.25, 0.3) is 0 Å². The summed E-state index contributed by atoms with van der Waals surface area (Å²) in [5.74, 6) is -2.30. The van der Waals surface area contributed by atoms with Crippen LogP contribution in [0.2, 0.25) is 5.02 Å². The van der Waals surface area contributed by atoms with Crippen LogP contribution < -0.4 is 10.6 Å². The van der Waals surface area contributed by atoms with Crippen LogP contribution in [0.3, 0.4) is 0 Å². The van der Waals surface area contributed by atoms with Gasteiger partial charge in [0.15, 0.2) is 11.6 Å². The monoisotopic (exact) mass is 398 g/mol. The number of halogens is 3. The molecule has 2 aromatic rings. The van der Waals surface area contributed by atoms with E-state index in [1.165, 1.54) is 24.9 Å². The second-order valence-electron chi connectivity index (χ2n) is 5.41. The van der Waals surface area contributed by atoms with Crippen molar-refractivity contribution in [2.45, 2.75) is 11.8 Å². The molecule has 0 bridgehead atoms. The Morgan fingerprint density at radius 2 is 1.81 bits per heavy atom. The SMILES string of the molecule is CNC(=O)C(NC(=O)CSCc1ccc(Cl)cc1)c1ccc(F)c(F)c1. The van der Waals surface area contributed by atoms with Gasteiger partial charge in [0, 0.05) is 17.8 Å². The van der Waals surface area contributed by atoms with Crippen molar-refractivity contribution in [2.24, 2.45) is 0 Å². The zero-order valence-corrected chi connectivity index (χ0v) is 15.5. The Bertz CT molecular complexity index is 787. The molecule has 0 aliphatic rings. The summed E-state index contributed by atoms with van der Waals surface area (Å²) < 4.78 is 26.5. The van der Waals surface area contributed by atoms with Gasteiger partial charge in [-0.05, 0) is 35.4 Å². The number of hydrogen-bond acceptors (Lipinski definition) is 3. The quantitative estimate of drug-likeness (QED) is 0.751. The third-order valence-electron chi connectivity index (χ3n) is 3.51. The number of carbonyl (C=O) groups is 2. The van der Waals surface area contributed by atoms with Gasteiger partial charge in [0.1, 0.15) is 6.04 Å². The molecule has 2 N–H and O–H groups in total. The van der Waals surface area contributed by atoms with E-state index in [2.05, 4.69) is 10.6 Å². The van der Waals surface area contributed by atoms with Crippen LogP contribution >= 0.6 is 23.4 Å². The number of benzene rings is 2. The Balaban J connectivity index is 1.96. The third-order valence-corrected chi connectivity index (χ3v) is 4.76. The number of amides is 2. The average Bonchev–Trinajstić information content (AvgIpc) is 2.63. The van der Waals surface area contributed by atoms with Crippen LogP contribution in [0.4, 0.5) is 8.78 Å². The Kier molecular flexibility index (Phi) is 7.41. The summed E-state index contributed by atoms with van der Waals surface area (Å²) >= 11 is 7.18. The van der Waals surface area contributed by atoms with Gasteiger partial charge in [-0.1, -0.05) is 29.8 Å². The van der Waals surface area contributed by atoms with Gasteiger partial charge in [-0.2, -0.15) is 0 Å². The van der Waals surface area contributed by atoms with Gasteiger partial charge in [-0.25, -0.2) is 8.78 Å². The maximum atomic E-state index is 13.4. The van der Waals surface area contributed by atoms with E-state index >= 15 is 0 Å². The van der Waals surface area contributed by atoms with Crippen molar-refractivity contribution in [1.29, 1.82) is 0 Å². The molecule has 138 valence electrons. The fourth-order valence-electron chi connectivity index (χ4n) is 2.18. The lowest BCUT2D eigenvalue weighted by Crippen LogP contribution is -2.39. The van der Waals surface area contributed by atoms with Crippen molar-refractivity contribution < 1.29 is 18.4 Å². The van der Waals surface area contributed by atoms with Crippen molar-refractivity contribution >= 4 is 35.2 Å². The highest BCUT2D eigenvalue weighted by molar-refractivity contribution is 7.99. The van der Waals surface area contributed by atoms with Gasteiger partial charge in [-0.15, -0.1) is 11.8 Å². The molecule has 0 spiro atoms. The number of carbonyl (C=O) groups excluding carboxylic acids is 2. The molecule has 1 unspecified atom stereocenters. The number of thioether (sulfide) groups is 1. The minimum atomic E-state index is -1.10. The van der Waals surface area contributed by atoms with Gasteiger partial charge in [-0.3, -0.25) is 9.59 Å². The lowest BCUT2D eigenvalue weighted by molar-refractivity contribution is -0.127. The number of nitrogens with one attached hydrogen (secondary N) is 2. The van der Waals surface area contributed by atoms with Crippen molar-refractivity contribution in [1.82, 2.24) is 10.6 Å². The summed E-state index contributed by atoms with van der Waals surface area (Å²) in [7, 11) is 1.40. The highest BCUT2D eigenvalue weighted by Gasteiger charge is 2.22. The molecule has 0 heterocycles. The first-order chi connectivity index (χ1) is 12.4. The van der Waals surface area contributed by atoms with Gasteiger partial charge in [0.25, 0.3) is 0 Å². The molecule has 0 aliphatic heterocycles. The molecule has 2 rings (SSSR count). The molecular weight excluding hydrogens is 382 g/mol. The maximum absolute atomic E-state index is 13.4. The number of hydrogen-bond donors (Lipinski definition) is 2. The molecule has 2 aromatic carbocycles. The Labute approximate surface area is 159 Å². The molecule has 26 heavy (non-hydrogen) atoms. The van der Waals surface area contributed by atoms with Crippen molar-refractivity contribution in [2.75, 3.05) is 12.8 Å². The fraction of sp³-hybridized carbons (Fsp3) is 0.222. The molecule has 0 aliphatic carbocycles. The lowest BCUT2D eigenvalue weighted by Gasteiger charge is -2.18. The normalized spacial score (nSPS) is 11.7. The zero-order chi connectivity index (χ0) is 19.1. The minimum absolute atomic E-state index is 0.111. The van der Waals surface area contributed by atoms with E-state index in [9.17, 15) is 18.4 Å². The average molecular weight is 399 g/mol. The highest BCUT2D eigenvalue weighted by Crippen LogP contribution is 2.18. The minimum Gasteiger partial charge on any atom is -0.357 e. The molecule has 1 atom stereocenters. The van der Waals surface area contributed by atoms with E-state index in [0.717, 1.165) is 17.7 Å². The second-order valence-corrected chi connectivity index (χ2v) is 6.83. The first kappa shape index (κ1) is 20.2. The van der Waals surface area contributed by atoms with Gasteiger partial charge < -0.3 is 10.6 Å². The van der Waals surface area contributed by atoms with E-state index < -0.39 is 23.6 Å². The van der Waals surface area contributed by atoms with Crippen LogP contribution in [0.15, 0.2) is 42.5 Å². The van der Waals surface area contributed by atoms with E-state index in [1.807, 2.05) is 12.1 Å². The summed E-state index contributed by atoms with van der Waals surface area (Å²) in [5.41, 5.74) is 1.18. The summed E-state index contributed by atoms with van der Waals surface area (Å²) in [6, 6.07) is 9.24. The van der Waals surface area contributed by atoms with Crippen molar-refractivity contribution in [3.05, 3.63) is 70.2 Å². The molecule has 0 aromatic heterocycles. The largest absolute Gasteiger partial charge is 0.357 e. The second kappa shape index (κ2) is 9.54. The summed E-state index contributed by atoms with van der Waals surface area (Å²) in [6.45, 7) is 0. The Morgan fingerprint density at radius 1 is 1.12 bits per heavy atom. The van der Waals surface area contributed by atoms with E-state index in [-0.39, 0.29) is 17.2 Å². The topological polar surface area (TPSA) is 58.2 Å². The van der Waals surface area contributed by atoms with Gasteiger partial charge >= 0.3 is 0 Å². The molecular formula is C18H17ClF2N2O2S. The van der Waals surface area contributed by atoms with Crippen LogP contribution in [0, 0.1) is 11.6 Å². The number of likely N-dealkylation sites (N-methyl/N-ethyl adjacent to an activating group) is 1. The van der Waals surface area contributed by atoms with Gasteiger partial charge in [0.05, 0.1) is 5.75 Å². The molecule has 4 nitrogen and oxygen atoms in total. The van der Waals surface area contributed by atoms with E-state index in [4.69, 9.17) is 11.6 Å². The molecule has 0 saturated carbocycles. The van der Waals surface area contributed by atoms with Crippen LogP contribution in [0.5, 0.6) is 0 Å². The summed E-state index contributed by atoms with van der Waals surface area (Å²) in [5, 5.41) is 5.58.